The van der Waals surface area contributed by atoms with E-state index in [0.717, 1.165) is 16.5 Å². The summed E-state index contributed by atoms with van der Waals surface area (Å²) < 4.78 is 29.2. The van der Waals surface area contributed by atoms with Crippen LogP contribution in [0, 0.1) is 0 Å². The second-order valence-electron chi connectivity index (χ2n) is 7.02. The van der Waals surface area contributed by atoms with Gasteiger partial charge in [0.25, 0.3) is 0 Å². The maximum absolute atomic E-state index is 13.0. The third-order valence-corrected chi connectivity index (χ3v) is 6.91. The van der Waals surface area contributed by atoms with Gasteiger partial charge in [0.1, 0.15) is 5.76 Å². The van der Waals surface area contributed by atoms with Crippen molar-refractivity contribution >= 4 is 26.6 Å². The predicted molar refractivity (Wildman–Crippen MR) is 103 cm³/mol. The molecule has 0 spiro atoms. The molecule has 1 aliphatic heterocycles. The fourth-order valence-electron chi connectivity index (χ4n) is 3.74. The number of benzene rings is 1. The lowest BCUT2D eigenvalue weighted by atomic mass is 10.1. The zero-order valence-corrected chi connectivity index (χ0v) is 15.7. The summed E-state index contributed by atoms with van der Waals surface area (Å²) in [5, 5.41) is 1.12. The van der Waals surface area contributed by atoms with Crippen LogP contribution < -0.4 is 0 Å². The summed E-state index contributed by atoms with van der Waals surface area (Å²) in [6, 6.07) is 11.3. The minimum atomic E-state index is -3.07. The van der Waals surface area contributed by atoms with Crippen LogP contribution in [-0.4, -0.2) is 41.8 Å². The van der Waals surface area contributed by atoms with Crippen molar-refractivity contribution in [3.8, 4) is 0 Å². The number of rotatable bonds is 6. The molecule has 1 saturated heterocycles. The third-order valence-electron chi connectivity index (χ3n) is 5.16. The molecule has 142 valence electrons. The number of furan rings is 1. The van der Waals surface area contributed by atoms with Crippen LogP contribution in [0.3, 0.4) is 0 Å². The standard InChI is InChI=1S/C20H22N2O4S/c23-20(8-7-15-12-21-19-6-2-1-5-18(15)19)22(13-17-4-3-10-26-17)16-9-11-27(24,25)14-16/h1-6,10,12,16,21H,7-9,11,13-14H2/t16-/m0/s1. The van der Waals surface area contributed by atoms with Gasteiger partial charge in [-0.05, 0) is 36.6 Å². The number of aromatic nitrogens is 1. The Balaban J connectivity index is 1.49. The lowest BCUT2D eigenvalue weighted by Crippen LogP contribution is -2.40. The second-order valence-corrected chi connectivity index (χ2v) is 9.25. The molecular weight excluding hydrogens is 364 g/mol. The molecule has 1 amide bonds. The highest BCUT2D eigenvalue weighted by atomic mass is 32.2. The van der Waals surface area contributed by atoms with Crippen molar-refractivity contribution in [3.05, 3.63) is 60.2 Å². The molecule has 1 aromatic carbocycles. The molecule has 4 rings (SSSR count). The molecule has 2 aromatic heterocycles. The number of aromatic amines is 1. The highest BCUT2D eigenvalue weighted by Crippen LogP contribution is 2.23. The Morgan fingerprint density at radius 3 is 2.81 bits per heavy atom. The summed E-state index contributed by atoms with van der Waals surface area (Å²) in [7, 11) is -3.07. The number of para-hydroxylation sites is 1. The van der Waals surface area contributed by atoms with Gasteiger partial charge in [-0.15, -0.1) is 0 Å². The van der Waals surface area contributed by atoms with Crippen molar-refractivity contribution in [3.63, 3.8) is 0 Å². The van der Waals surface area contributed by atoms with Crippen molar-refractivity contribution in [1.29, 1.82) is 0 Å². The average molecular weight is 386 g/mol. The number of hydrogen-bond acceptors (Lipinski definition) is 4. The number of carbonyl (C=O) groups is 1. The van der Waals surface area contributed by atoms with Gasteiger partial charge in [0.2, 0.25) is 5.91 Å². The maximum atomic E-state index is 13.0. The molecule has 0 aliphatic carbocycles. The zero-order chi connectivity index (χ0) is 18.9. The Hall–Kier alpha value is -2.54. The van der Waals surface area contributed by atoms with E-state index in [1.54, 1.807) is 17.2 Å². The van der Waals surface area contributed by atoms with Crippen molar-refractivity contribution in [2.24, 2.45) is 0 Å². The molecule has 0 bridgehead atoms. The fourth-order valence-corrected chi connectivity index (χ4v) is 5.47. The minimum Gasteiger partial charge on any atom is -0.467 e. The topological polar surface area (TPSA) is 83.4 Å². The smallest absolute Gasteiger partial charge is 0.223 e. The first-order valence-electron chi connectivity index (χ1n) is 9.09. The van der Waals surface area contributed by atoms with Crippen LogP contribution in [0.2, 0.25) is 0 Å². The van der Waals surface area contributed by atoms with Crippen LogP contribution in [0.1, 0.15) is 24.2 Å². The zero-order valence-electron chi connectivity index (χ0n) is 14.9. The highest BCUT2D eigenvalue weighted by molar-refractivity contribution is 7.91. The van der Waals surface area contributed by atoms with E-state index in [1.807, 2.05) is 36.5 Å². The number of H-pyrrole nitrogens is 1. The van der Waals surface area contributed by atoms with Crippen LogP contribution in [0.4, 0.5) is 0 Å². The summed E-state index contributed by atoms with van der Waals surface area (Å²) in [6.45, 7) is 0.305. The van der Waals surface area contributed by atoms with Gasteiger partial charge in [-0.1, -0.05) is 18.2 Å². The van der Waals surface area contributed by atoms with Crippen LogP contribution in [-0.2, 0) is 27.6 Å². The summed E-state index contributed by atoms with van der Waals surface area (Å²) in [6.07, 6.45) is 4.93. The monoisotopic (exact) mass is 386 g/mol. The number of carbonyl (C=O) groups excluding carboxylic acids is 1. The number of aryl methyl sites for hydroxylation is 1. The quantitative estimate of drug-likeness (QED) is 0.706. The van der Waals surface area contributed by atoms with E-state index in [1.165, 1.54) is 0 Å². The number of nitrogens with zero attached hydrogens (tertiary/aromatic N) is 1. The number of sulfone groups is 1. The Morgan fingerprint density at radius 2 is 2.07 bits per heavy atom. The molecule has 1 atom stereocenters. The third kappa shape index (κ3) is 3.93. The molecule has 0 unspecified atom stereocenters. The average Bonchev–Trinajstić information content (AvgIpc) is 3.37. The van der Waals surface area contributed by atoms with Crippen LogP contribution in [0.15, 0.2) is 53.3 Å². The molecule has 3 heterocycles. The normalized spacial score (nSPS) is 18.7. The summed E-state index contributed by atoms with van der Waals surface area (Å²) in [5.74, 6) is 0.799. The fraction of sp³-hybridized carbons (Fsp3) is 0.350. The summed E-state index contributed by atoms with van der Waals surface area (Å²) in [5.41, 5.74) is 2.14. The van der Waals surface area contributed by atoms with Gasteiger partial charge >= 0.3 is 0 Å². The van der Waals surface area contributed by atoms with Crippen LogP contribution in [0.25, 0.3) is 10.9 Å². The first kappa shape index (κ1) is 17.9. The molecule has 7 heteroatoms. The van der Waals surface area contributed by atoms with E-state index in [-0.39, 0.29) is 23.5 Å². The van der Waals surface area contributed by atoms with Gasteiger partial charge in [0, 0.05) is 29.6 Å². The van der Waals surface area contributed by atoms with Crippen molar-refractivity contribution in [2.75, 3.05) is 11.5 Å². The SMILES string of the molecule is O=C(CCc1c[nH]c2ccccc12)N(Cc1ccco1)[C@H]1CCS(=O)(=O)C1. The predicted octanol–water partition coefficient (Wildman–Crippen LogP) is 2.91. The van der Waals surface area contributed by atoms with Crippen molar-refractivity contribution < 1.29 is 17.6 Å². The van der Waals surface area contributed by atoms with Gasteiger partial charge < -0.3 is 14.3 Å². The summed E-state index contributed by atoms with van der Waals surface area (Å²) in [4.78, 5) is 17.9. The van der Waals surface area contributed by atoms with Crippen LogP contribution in [0.5, 0.6) is 0 Å². The molecule has 0 radical (unpaired) electrons. The highest BCUT2D eigenvalue weighted by Gasteiger charge is 2.34. The van der Waals surface area contributed by atoms with E-state index >= 15 is 0 Å². The molecule has 1 N–H and O–H groups in total. The summed E-state index contributed by atoms with van der Waals surface area (Å²) >= 11 is 0. The molecule has 3 aromatic rings. The lowest BCUT2D eigenvalue weighted by Gasteiger charge is -2.27. The van der Waals surface area contributed by atoms with Crippen molar-refractivity contribution in [1.82, 2.24) is 9.88 Å². The molecule has 1 fully saturated rings. The molecule has 1 aliphatic rings. The first-order chi connectivity index (χ1) is 13.0. The van der Waals surface area contributed by atoms with Gasteiger partial charge in [0.15, 0.2) is 9.84 Å². The Bertz CT molecular complexity index is 1040. The van der Waals surface area contributed by atoms with Gasteiger partial charge in [-0.25, -0.2) is 8.42 Å². The van der Waals surface area contributed by atoms with E-state index in [2.05, 4.69) is 4.98 Å². The molecule has 27 heavy (non-hydrogen) atoms. The molecule has 0 saturated carbocycles. The Kier molecular flexibility index (Phi) is 4.78. The van der Waals surface area contributed by atoms with Gasteiger partial charge in [0.05, 0.1) is 24.3 Å². The lowest BCUT2D eigenvalue weighted by molar-refractivity contribution is -0.134. The van der Waals surface area contributed by atoms with Crippen molar-refractivity contribution in [2.45, 2.75) is 31.8 Å². The van der Waals surface area contributed by atoms with Gasteiger partial charge in [-0.3, -0.25) is 4.79 Å². The van der Waals surface area contributed by atoms with Crippen LogP contribution >= 0.6 is 0 Å². The number of nitrogens with one attached hydrogen (secondary N) is 1. The Morgan fingerprint density at radius 1 is 1.22 bits per heavy atom. The molecular formula is C20H22N2O4S. The molecule has 6 nitrogen and oxygen atoms in total. The van der Waals surface area contributed by atoms with E-state index < -0.39 is 9.84 Å². The van der Waals surface area contributed by atoms with Gasteiger partial charge in [-0.2, -0.15) is 0 Å². The second kappa shape index (κ2) is 7.23. The van der Waals surface area contributed by atoms with E-state index in [9.17, 15) is 13.2 Å². The number of amides is 1. The van der Waals surface area contributed by atoms with E-state index in [0.29, 0.717) is 31.6 Å². The number of fused-ring (bicyclic) bond motifs is 1. The Labute approximate surface area is 158 Å². The van der Waals surface area contributed by atoms with E-state index in [4.69, 9.17) is 4.42 Å². The maximum Gasteiger partial charge on any atom is 0.223 e. The largest absolute Gasteiger partial charge is 0.467 e. The minimum absolute atomic E-state index is 0.0343. The first-order valence-corrected chi connectivity index (χ1v) is 10.9. The number of hydrogen-bond donors (Lipinski definition) is 1.